The number of hydrogen-bond acceptors (Lipinski definition) is 4. The summed E-state index contributed by atoms with van der Waals surface area (Å²) in [4.78, 5) is 0.0750. The van der Waals surface area contributed by atoms with Crippen LogP contribution < -0.4 is 0 Å². The highest BCUT2D eigenvalue weighted by atomic mass is 79.9. The van der Waals surface area contributed by atoms with Crippen LogP contribution in [0.1, 0.15) is 18.6 Å². The van der Waals surface area contributed by atoms with Crippen molar-refractivity contribution in [2.24, 2.45) is 0 Å². The van der Waals surface area contributed by atoms with Crippen LogP contribution in [0.3, 0.4) is 0 Å². The first-order valence-electron chi connectivity index (χ1n) is 4.84. The van der Waals surface area contributed by atoms with Gasteiger partial charge in [0, 0.05) is 19.2 Å². The highest BCUT2D eigenvalue weighted by Gasteiger charge is 2.37. The lowest BCUT2D eigenvalue weighted by atomic mass is 10.5. The number of sulfonamides is 1. The SMILES string of the molecule is CN(C1CC1)S(=O)(=O)c1cc(CO)oc1Br. The smallest absolute Gasteiger partial charge is 0.247 e. The second-order valence-corrected chi connectivity index (χ2v) is 6.45. The molecule has 1 N–H and O–H groups in total. The summed E-state index contributed by atoms with van der Waals surface area (Å²) >= 11 is 3.05. The average Bonchev–Trinajstić information content (AvgIpc) is 3.00. The minimum Gasteiger partial charge on any atom is -0.450 e. The molecule has 1 aromatic rings. The Morgan fingerprint density at radius 1 is 1.62 bits per heavy atom. The van der Waals surface area contributed by atoms with Gasteiger partial charge in [0.05, 0.1) is 0 Å². The van der Waals surface area contributed by atoms with Crippen molar-refractivity contribution in [1.29, 1.82) is 0 Å². The molecule has 0 atom stereocenters. The molecule has 0 aromatic carbocycles. The first-order chi connectivity index (χ1) is 7.46. The molecule has 7 heteroatoms. The topological polar surface area (TPSA) is 70.8 Å². The van der Waals surface area contributed by atoms with E-state index < -0.39 is 10.0 Å². The van der Waals surface area contributed by atoms with Gasteiger partial charge in [-0.25, -0.2) is 8.42 Å². The Labute approximate surface area is 102 Å². The van der Waals surface area contributed by atoms with Gasteiger partial charge in [-0.1, -0.05) is 0 Å². The molecule has 1 aliphatic rings. The Kier molecular flexibility index (Phi) is 3.13. The van der Waals surface area contributed by atoms with Crippen molar-refractivity contribution in [3.63, 3.8) is 0 Å². The van der Waals surface area contributed by atoms with E-state index in [0.717, 1.165) is 12.8 Å². The molecule has 0 aliphatic heterocycles. The van der Waals surface area contributed by atoms with Crippen LogP contribution in [0.15, 0.2) is 20.0 Å². The van der Waals surface area contributed by atoms with Crippen molar-refractivity contribution in [3.05, 3.63) is 16.5 Å². The Morgan fingerprint density at radius 2 is 2.25 bits per heavy atom. The number of halogens is 1. The molecule has 1 heterocycles. The molecule has 0 radical (unpaired) electrons. The maximum Gasteiger partial charge on any atom is 0.247 e. The molecule has 16 heavy (non-hydrogen) atoms. The van der Waals surface area contributed by atoms with Crippen molar-refractivity contribution in [2.45, 2.75) is 30.4 Å². The average molecular weight is 310 g/mol. The fraction of sp³-hybridized carbons (Fsp3) is 0.556. The van der Waals surface area contributed by atoms with E-state index in [-0.39, 0.29) is 28.0 Å². The van der Waals surface area contributed by atoms with Gasteiger partial charge in [0.15, 0.2) is 4.67 Å². The van der Waals surface area contributed by atoms with E-state index in [1.165, 1.54) is 10.4 Å². The van der Waals surface area contributed by atoms with Crippen LogP contribution in [0.2, 0.25) is 0 Å². The summed E-state index contributed by atoms with van der Waals surface area (Å²) in [5.41, 5.74) is 0. The lowest BCUT2D eigenvalue weighted by molar-refractivity contribution is 0.245. The molecule has 1 aromatic heterocycles. The highest BCUT2D eigenvalue weighted by Crippen LogP contribution is 2.34. The van der Waals surface area contributed by atoms with Crippen LogP contribution in [0, 0.1) is 0 Å². The third-order valence-electron chi connectivity index (χ3n) is 2.58. The highest BCUT2D eigenvalue weighted by molar-refractivity contribution is 9.10. The summed E-state index contributed by atoms with van der Waals surface area (Å²) in [6.07, 6.45) is 1.80. The summed E-state index contributed by atoms with van der Waals surface area (Å²) in [5, 5.41) is 8.88. The van der Waals surface area contributed by atoms with Gasteiger partial charge in [-0.05, 0) is 28.8 Å². The maximum atomic E-state index is 12.1. The molecule has 5 nitrogen and oxygen atoms in total. The van der Waals surface area contributed by atoms with Crippen LogP contribution in [0.5, 0.6) is 0 Å². The van der Waals surface area contributed by atoms with Crippen LogP contribution in [0.4, 0.5) is 0 Å². The Hall–Kier alpha value is -0.370. The predicted octanol–water partition coefficient (Wildman–Crippen LogP) is 1.32. The Bertz CT molecular complexity index is 492. The number of rotatable bonds is 4. The third kappa shape index (κ3) is 2.04. The molecule has 2 rings (SSSR count). The van der Waals surface area contributed by atoms with E-state index >= 15 is 0 Å². The molecule has 1 fully saturated rings. The standard InChI is InChI=1S/C9H12BrNO4S/c1-11(6-2-3-6)16(13,14)8-4-7(5-12)15-9(8)10/h4,6,12H,2-3,5H2,1H3. The minimum atomic E-state index is -3.51. The molecule has 90 valence electrons. The van der Waals surface area contributed by atoms with Crippen LogP contribution >= 0.6 is 15.9 Å². The first kappa shape index (κ1) is 12.1. The lowest BCUT2D eigenvalue weighted by Gasteiger charge is -2.14. The zero-order chi connectivity index (χ0) is 11.9. The van der Waals surface area contributed by atoms with Crippen molar-refractivity contribution in [3.8, 4) is 0 Å². The summed E-state index contributed by atoms with van der Waals surface area (Å²) in [7, 11) is -1.95. The largest absolute Gasteiger partial charge is 0.450 e. The summed E-state index contributed by atoms with van der Waals surface area (Å²) in [6, 6.07) is 1.45. The normalized spacial score (nSPS) is 17.0. The van der Waals surface area contributed by atoms with E-state index in [0.29, 0.717) is 0 Å². The monoisotopic (exact) mass is 309 g/mol. The molecule has 0 amide bonds. The van der Waals surface area contributed by atoms with Gasteiger partial charge < -0.3 is 9.52 Å². The Balaban J connectivity index is 2.37. The first-order valence-corrected chi connectivity index (χ1v) is 7.07. The lowest BCUT2D eigenvalue weighted by Crippen LogP contribution is -2.28. The zero-order valence-electron chi connectivity index (χ0n) is 8.68. The molecular weight excluding hydrogens is 298 g/mol. The summed E-state index contributed by atoms with van der Waals surface area (Å²) in [5.74, 6) is 0.231. The molecule has 1 saturated carbocycles. The second kappa shape index (κ2) is 4.14. The van der Waals surface area contributed by atoms with Gasteiger partial charge >= 0.3 is 0 Å². The van der Waals surface area contributed by atoms with Gasteiger partial charge in [-0.15, -0.1) is 0 Å². The third-order valence-corrected chi connectivity index (χ3v) is 5.35. The van der Waals surface area contributed by atoms with E-state index in [1.54, 1.807) is 7.05 Å². The van der Waals surface area contributed by atoms with Crippen LogP contribution in [0.25, 0.3) is 0 Å². The molecule has 0 saturated heterocycles. The number of nitrogens with zero attached hydrogens (tertiary/aromatic N) is 1. The van der Waals surface area contributed by atoms with E-state index in [9.17, 15) is 8.42 Å². The molecule has 0 bridgehead atoms. The predicted molar refractivity (Wildman–Crippen MR) is 60.3 cm³/mol. The van der Waals surface area contributed by atoms with Gasteiger partial charge in [0.1, 0.15) is 17.3 Å². The van der Waals surface area contributed by atoms with Crippen LogP contribution in [-0.2, 0) is 16.6 Å². The minimum absolute atomic E-state index is 0.0750. The molecule has 0 spiro atoms. The van der Waals surface area contributed by atoms with Crippen molar-refractivity contribution < 1.29 is 17.9 Å². The molecule has 1 aliphatic carbocycles. The quantitative estimate of drug-likeness (QED) is 0.910. The molecular formula is C9H12BrNO4S. The van der Waals surface area contributed by atoms with Gasteiger partial charge in [0.2, 0.25) is 10.0 Å². The van der Waals surface area contributed by atoms with Crippen molar-refractivity contribution in [1.82, 2.24) is 4.31 Å². The van der Waals surface area contributed by atoms with Gasteiger partial charge in [0.25, 0.3) is 0 Å². The number of hydrogen-bond donors (Lipinski definition) is 1. The van der Waals surface area contributed by atoms with Crippen molar-refractivity contribution >= 4 is 26.0 Å². The number of aliphatic hydroxyl groups excluding tert-OH is 1. The van der Waals surface area contributed by atoms with Crippen LogP contribution in [-0.4, -0.2) is 30.9 Å². The van der Waals surface area contributed by atoms with E-state index in [1.807, 2.05) is 0 Å². The number of furan rings is 1. The summed E-state index contributed by atoms with van der Waals surface area (Å²) < 4.78 is 30.8. The maximum absolute atomic E-state index is 12.1. The van der Waals surface area contributed by atoms with Gasteiger partial charge in [-0.2, -0.15) is 4.31 Å². The fourth-order valence-corrected chi connectivity index (χ4v) is 3.82. The van der Waals surface area contributed by atoms with E-state index in [2.05, 4.69) is 15.9 Å². The van der Waals surface area contributed by atoms with E-state index in [4.69, 9.17) is 9.52 Å². The molecule has 0 unspecified atom stereocenters. The number of aliphatic hydroxyl groups is 1. The van der Waals surface area contributed by atoms with Crippen molar-refractivity contribution in [2.75, 3.05) is 7.05 Å². The second-order valence-electron chi connectivity index (χ2n) is 3.76. The van der Waals surface area contributed by atoms with Gasteiger partial charge in [-0.3, -0.25) is 0 Å². The Morgan fingerprint density at radius 3 is 2.69 bits per heavy atom. The summed E-state index contributed by atoms with van der Waals surface area (Å²) in [6.45, 7) is -0.318. The zero-order valence-corrected chi connectivity index (χ0v) is 11.1. The fourth-order valence-electron chi connectivity index (χ4n) is 1.44.